The third-order valence-corrected chi connectivity index (χ3v) is 14.3. The van der Waals surface area contributed by atoms with E-state index in [0.29, 0.717) is 67.3 Å². The Morgan fingerprint density at radius 2 is 1.78 bits per heavy atom. The maximum Gasteiger partial charge on any atom is 0.408 e. The van der Waals surface area contributed by atoms with E-state index >= 15 is 4.39 Å². The molecule has 7 rings (SSSR count). The van der Waals surface area contributed by atoms with Crippen LogP contribution in [-0.4, -0.2) is 119 Å². The molecule has 345 valence electrons. The molecule has 3 aliphatic heterocycles. The minimum atomic E-state index is -0.720. The van der Waals surface area contributed by atoms with Gasteiger partial charge in [-0.2, -0.15) is 0 Å². The van der Waals surface area contributed by atoms with Crippen LogP contribution in [0.15, 0.2) is 83.0 Å². The summed E-state index contributed by atoms with van der Waals surface area (Å²) in [5, 5.41) is 13.4. The summed E-state index contributed by atoms with van der Waals surface area (Å²) in [5.74, 6) is -0.847. The van der Waals surface area contributed by atoms with Gasteiger partial charge in [0.1, 0.15) is 28.1 Å². The van der Waals surface area contributed by atoms with Crippen LogP contribution in [0.5, 0.6) is 0 Å². The number of esters is 1. The number of halogens is 2. The lowest BCUT2D eigenvalue weighted by Crippen LogP contribution is -2.57. The molecule has 1 spiro atoms. The second-order valence-electron chi connectivity index (χ2n) is 17.3. The van der Waals surface area contributed by atoms with Crippen molar-refractivity contribution in [1.29, 1.82) is 0 Å². The van der Waals surface area contributed by atoms with Gasteiger partial charge in [0.2, 0.25) is 0 Å². The van der Waals surface area contributed by atoms with Gasteiger partial charge in [-0.3, -0.25) is 4.79 Å². The van der Waals surface area contributed by atoms with E-state index in [4.69, 9.17) is 14.5 Å². The highest BCUT2D eigenvalue weighted by atomic mass is 32.2. The molecule has 0 saturated carbocycles. The van der Waals surface area contributed by atoms with Crippen LogP contribution < -0.4 is 31.1 Å². The highest BCUT2D eigenvalue weighted by Crippen LogP contribution is 2.46. The zero-order chi connectivity index (χ0) is 46.3. The molecule has 2 unspecified atom stereocenters. The molecule has 3 saturated heterocycles. The molecule has 2 amide bonds. The Labute approximate surface area is 390 Å². The predicted molar refractivity (Wildman–Crippen MR) is 252 cm³/mol. The number of thioether (sulfide) groups is 1. The maximum absolute atomic E-state index is 15.5. The molecule has 0 bridgehead atoms. The number of rotatable bonds is 14. The quantitative estimate of drug-likeness (QED) is 0.0559. The molecule has 3 fully saturated rings. The topological polar surface area (TPSA) is 159 Å². The second kappa shape index (κ2) is 21.1. The van der Waals surface area contributed by atoms with Gasteiger partial charge in [-0.1, -0.05) is 24.8 Å². The maximum atomic E-state index is 15.5. The van der Waals surface area contributed by atoms with Gasteiger partial charge in [-0.15, -0.1) is 11.8 Å². The lowest BCUT2D eigenvalue weighted by Gasteiger charge is -2.42. The third kappa shape index (κ3) is 12.3. The van der Waals surface area contributed by atoms with Crippen LogP contribution in [0.4, 0.5) is 36.5 Å². The van der Waals surface area contributed by atoms with Crippen LogP contribution in [0.1, 0.15) is 67.7 Å². The molecule has 1 aromatic heterocycles. The highest BCUT2D eigenvalue weighted by Gasteiger charge is 2.53. The molecule has 4 N–H and O–H groups in total. The summed E-state index contributed by atoms with van der Waals surface area (Å²) in [6, 6.07) is 16.3. The van der Waals surface area contributed by atoms with Crippen LogP contribution in [0.3, 0.4) is 0 Å². The van der Waals surface area contributed by atoms with Gasteiger partial charge >= 0.3 is 12.1 Å². The second-order valence-corrected chi connectivity index (χ2v) is 20.7. The average molecular weight is 946 g/mol. The van der Waals surface area contributed by atoms with Gasteiger partial charge < -0.3 is 45.3 Å². The summed E-state index contributed by atoms with van der Waals surface area (Å²) in [5.41, 5.74) is 1.10. The number of piperidine rings is 1. The van der Waals surface area contributed by atoms with Crippen LogP contribution >= 0.6 is 23.5 Å². The van der Waals surface area contributed by atoms with Crippen LogP contribution in [0, 0.1) is 11.6 Å². The lowest BCUT2D eigenvalue weighted by atomic mass is 9.92. The molecule has 0 aliphatic carbocycles. The number of benzene rings is 3. The Bertz CT molecular complexity index is 2310. The number of ether oxygens (including phenoxy) is 3. The zero-order valence-corrected chi connectivity index (χ0v) is 39.8. The molecule has 3 radical (unpaired) electrons. The first-order valence-corrected chi connectivity index (χ1v) is 24.0. The van der Waals surface area contributed by atoms with Crippen LogP contribution in [0.2, 0.25) is 5.54 Å². The molecule has 3 aromatic carbocycles. The Morgan fingerprint density at radius 1 is 0.985 bits per heavy atom. The van der Waals surface area contributed by atoms with Crippen molar-refractivity contribution >= 4 is 74.6 Å². The van der Waals surface area contributed by atoms with Crippen molar-refractivity contribution in [3.05, 3.63) is 95.8 Å². The van der Waals surface area contributed by atoms with Gasteiger partial charge in [0.25, 0.3) is 5.91 Å². The predicted octanol–water partition coefficient (Wildman–Crippen LogP) is 7.52. The highest BCUT2D eigenvalue weighted by molar-refractivity contribution is 8.00. The molecule has 19 heteroatoms. The molecule has 4 atom stereocenters. The van der Waals surface area contributed by atoms with E-state index in [1.165, 1.54) is 37.1 Å². The van der Waals surface area contributed by atoms with Gasteiger partial charge in [-0.25, -0.2) is 28.3 Å². The summed E-state index contributed by atoms with van der Waals surface area (Å²) in [4.78, 5) is 52.2. The van der Waals surface area contributed by atoms with E-state index in [-0.39, 0.29) is 39.6 Å². The van der Waals surface area contributed by atoms with E-state index in [9.17, 15) is 18.8 Å². The fraction of sp³-hybridized carbons (Fsp3) is 0.457. The number of amides is 2. The Balaban J connectivity index is 0.857. The number of methoxy groups -OCH3 is 1. The van der Waals surface area contributed by atoms with Crippen molar-refractivity contribution in [2.24, 2.45) is 0 Å². The Hall–Kier alpha value is -4.95. The first-order chi connectivity index (χ1) is 31.1. The largest absolute Gasteiger partial charge is 0.465 e. The number of hydrogen-bond acceptors (Lipinski definition) is 14. The molecule has 65 heavy (non-hydrogen) atoms. The Morgan fingerprint density at radius 3 is 2.45 bits per heavy atom. The number of nitrogens with one attached hydrogen (secondary N) is 4. The average Bonchev–Trinajstić information content (AvgIpc) is 3.61. The number of alkyl carbamates (subject to hydrolysis) is 1. The fourth-order valence-corrected chi connectivity index (χ4v) is 10.6. The molecular formula is C46H55F2N8O6S2Si. The van der Waals surface area contributed by atoms with E-state index in [1.54, 1.807) is 48.4 Å². The fourth-order valence-electron chi connectivity index (χ4n) is 8.11. The van der Waals surface area contributed by atoms with Gasteiger partial charge in [0.15, 0.2) is 0 Å². The first kappa shape index (κ1) is 48.0. The van der Waals surface area contributed by atoms with Crippen molar-refractivity contribution in [2.75, 3.05) is 72.8 Å². The normalized spacial score (nSPS) is 20.6. The standard InChI is InChI=1S/C46H55F2N8O6S2Si/c1-28(65)40-41(54-44(59)62-45(2,3)4)46(26-61-40)15-20-56(27-63-46)38-24-52-39(25-51-38)64-33-8-6-7-32(22-33)53-42(57)29-9-12-37(36(48)21-29)55-18-13-30(14-19-55)49-16-17-50-31-10-11-34(35(47)23-31)43(58)60-5/h6-12,21-25,28,30,40-41,49-50H,13-20,26-27H2,1-5H3,(H,53,57)(H,54,59)/t28-,40?,41+,46?/m0/s1. The van der Waals surface area contributed by atoms with Gasteiger partial charge in [-0.05, 0) is 100 Å². The summed E-state index contributed by atoms with van der Waals surface area (Å²) in [6.45, 7) is 11.3. The minimum absolute atomic E-state index is 0.0285. The molecule has 14 nitrogen and oxygen atoms in total. The molecule has 3 aliphatic rings. The number of hydrogen-bond donors (Lipinski definition) is 4. The minimum Gasteiger partial charge on any atom is -0.465 e. The van der Waals surface area contributed by atoms with E-state index in [1.807, 2.05) is 50.8 Å². The molecule has 4 heterocycles. The third-order valence-electron chi connectivity index (χ3n) is 11.5. The summed E-state index contributed by atoms with van der Waals surface area (Å²) in [6.07, 6.45) is 5.22. The van der Waals surface area contributed by atoms with Gasteiger partial charge in [0.05, 0.1) is 60.1 Å². The monoisotopic (exact) mass is 945 g/mol. The summed E-state index contributed by atoms with van der Waals surface area (Å²) < 4.78 is 45.8. The van der Waals surface area contributed by atoms with Crippen molar-refractivity contribution in [1.82, 2.24) is 20.6 Å². The number of carbonyl (C=O) groups is 3. The number of carbonyl (C=O) groups excluding carboxylic acids is 3. The Kier molecular flexibility index (Phi) is 15.6. The van der Waals surface area contributed by atoms with Crippen molar-refractivity contribution in [3.63, 3.8) is 0 Å². The van der Waals surface area contributed by atoms with Crippen LogP contribution in [0.25, 0.3) is 0 Å². The van der Waals surface area contributed by atoms with E-state index in [2.05, 4.69) is 46.1 Å². The molecule has 4 aromatic rings. The smallest absolute Gasteiger partial charge is 0.408 e. The lowest BCUT2D eigenvalue weighted by molar-refractivity contribution is 0.0442. The SMILES string of the molecule is COC(=O)c1ccc(NCCNC2CCN(c3ccc(C(=O)Nc4cccc(Sc5cnc(N6CCC7(COC([C@H](C)[Si])[C@H]7NC(=O)OC(C)(C)C)SC6)cn5)c4)cc3F)CC2)cc1F. The van der Waals surface area contributed by atoms with E-state index in [0.717, 1.165) is 30.0 Å². The van der Waals surface area contributed by atoms with Crippen molar-refractivity contribution < 1.29 is 37.4 Å². The number of aromatic nitrogens is 2. The first-order valence-electron chi connectivity index (χ1n) is 21.6. The number of anilines is 4. The van der Waals surface area contributed by atoms with Crippen molar-refractivity contribution in [3.8, 4) is 0 Å². The summed E-state index contributed by atoms with van der Waals surface area (Å²) >= 11 is 3.16. The van der Waals surface area contributed by atoms with Crippen LogP contribution in [-0.2, 0) is 14.2 Å². The summed E-state index contributed by atoms with van der Waals surface area (Å²) in [7, 11) is 4.94. The molecular weight excluding hydrogens is 891 g/mol. The van der Waals surface area contributed by atoms with Gasteiger partial charge in [0, 0.05) is 70.8 Å². The van der Waals surface area contributed by atoms with E-state index < -0.39 is 35.2 Å². The number of nitrogens with zero attached hydrogens (tertiary/aromatic N) is 4. The zero-order valence-electron chi connectivity index (χ0n) is 37.1. The van der Waals surface area contributed by atoms with Crippen molar-refractivity contribution in [2.45, 2.75) is 91.0 Å².